The van der Waals surface area contributed by atoms with Crippen molar-refractivity contribution in [2.75, 3.05) is 12.1 Å². The van der Waals surface area contributed by atoms with Gasteiger partial charge in [0.25, 0.3) is 5.56 Å². The first-order valence-corrected chi connectivity index (χ1v) is 15.6. The molecule has 42 heavy (non-hydrogen) atoms. The Hall–Kier alpha value is -3.56. The number of fused-ring (bicyclic) bond motifs is 1. The van der Waals surface area contributed by atoms with Gasteiger partial charge < -0.3 is 15.8 Å². The maximum absolute atomic E-state index is 13.9. The molecule has 0 saturated heterocycles. The largest absolute Gasteiger partial charge is 0.383 e. The average molecular weight is 587 g/mol. The van der Waals surface area contributed by atoms with E-state index < -0.39 is 16.9 Å². The molecule has 1 aromatic heterocycles. The Bertz CT molecular complexity index is 1580. The molecule has 0 aliphatic heterocycles. The molecule has 3 aliphatic rings. The number of hydrogen-bond acceptors (Lipinski definition) is 5. The van der Waals surface area contributed by atoms with Crippen molar-refractivity contribution in [2.45, 2.75) is 56.1 Å². The van der Waals surface area contributed by atoms with Crippen LogP contribution in [0, 0.1) is 11.8 Å². The van der Waals surface area contributed by atoms with E-state index in [9.17, 15) is 14.1 Å². The average Bonchev–Trinajstić information content (AvgIpc) is 3.29. The van der Waals surface area contributed by atoms with E-state index in [1.165, 1.54) is 5.57 Å². The molecule has 5 rings (SSSR count). The molecular formula is C34H40N3O4S+. The number of allylic oxidation sites excluding steroid dienone is 6. The van der Waals surface area contributed by atoms with E-state index in [0.29, 0.717) is 40.3 Å². The van der Waals surface area contributed by atoms with E-state index in [1.807, 2.05) is 6.07 Å². The fraction of sp³-hybridized carbons (Fsp3) is 0.324. The summed E-state index contributed by atoms with van der Waals surface area (Å²) >= 11 is 0. The molecule has 6 N–H and O–H groups in total. The summed E-state index contributed by atoms with van der Waals surface area (Å²) in [4.78, 5) is 20.8. The zero-order valence-corrected chi connectivity index (χ0v) is 24.8. The third-order valence-electron chi connectivity index (χ3n) is 8.14. The van der Waals surface area contributed by atoms with Gasteiger partial charge in [-0.25, -0.2) is 4.21 Å². The fourth-order valence-corrected chi connectivity index (χ4v) is 7.22. The number of pyridine rings is 1. The topological polar surface area (TPSA) is 121 Å². The highest BCUT2D eigenvalue weighted by Crippen LogP contribution is 2.52. The molecule has 7 nitrogen and oxygen atoms in total. The predicted octanol–water partition coefficient (Wildman–Crippen LogP) is 5.20. The summed E-state index contributed by atoms with van der Waals surface area (Å²) in [6, 6.07) is 10.8. The van der Waals surface area contributed by atoms with Crippen molar-refractivity contribution in [3.8, 4) is 0 Å². The third-order valence-corrected chi connectivity index (χ3v) is 9.53. The summed E-state index contributed by atoms with van der Waals surface area (Å²) < 4.78 is 13.9. The first kappa shape index (κ1) is 29.9. The molecule has 0 fully saturated rings. The number of anilines is 1. The summed E-state index contributed by atoms with van der Waals surface area (Å²) in [6.45, 7) is 10.4. The van der Waals surface area contributed by atoms with Crippen LogP contribution in [0.2, 0.25) is 0 Å². The van der Waals surface area contributed by atoms with Gasteiger partial charge in [-0.2, -0.15) is 5.48 Å². The Morgan fingerprint density at radius 1 is 1.31 bits per heavy atom. The van der Waals surface area contributed by atoms with Gasteiger partial charge in [-0.3, -0.25) is 9.63 Å². The monoisotopic (exact) mass is 586 g/mol. The molecule has 0 radical (unpaired) electrons. The Morgan fingerprint density at radius 2 is 2.14 bits per heavy atom. The number of nitrogens with one attached hydrogen (secondary N) is 2. The molecule has 0 spiro atoms. The molecule has 8 heteroatoms. The second-order valence-electron chi connectivity index (χ2n) is 11.3. The smallest absolute Gasteiger partial charge is 0.255 e. The van der Waals surface area contributed by atoms with Gasteiger partial charge in [0.15, 0.2) is 6.61 Å². The van der Waals surface area contributed by atoms with Gasteiger partial charge in [0.2, 0.25) is 0 Å². The zero-order chi connectivity index (χ0) is 29.8. The maximum atomic E-state index is 13.9. The van der Waals surface area contributed by atoms with E-state index in [4.69, 9.17) is 5.73 Å². The van der Waals surface area contributed by atoms with Crippen LogP contribution in [0.5, 0.6) is 0 Å². The molecule has 3 aliphatic carbocycles. The molecule has 2 aromatic rings. The molecule has 0 saturated carbocycles. The van der Waals surface area contributed by atoms with E-state index in [-0.39, 0.29) is 28.3 Å². The lowest BCUT2D eigenvalue weighted by Crippen LogP contribution is -2.26. The van der Waals surface area contributed by atoms with Gasteiger partial charge in [0.05, 0.1) is 10.8 Å². The number of nitrogens with two attached hydrogens (primary N) is 1. The van der Waals surface area contributed by atoms with Crippen molar-refractivity contribution in [3.05, 3.63) is 123 Å². The molecule has 220 valence electrons. The van der Waals surface area contributed by atoms with Crippen molar-refractivity contribution in [2.24, 2.45) is 17.6 Å². The normalized spacial score (nSPS) is 23.3. The maximum Gasteiger partial charge on any atom is 0.255 e. The number of hydrogen-bond donors (Lipinski definition) is 4. The summed E-state index contributed by atoms with van der Waals surface area (Å²) in [5, 5.41) is 12.1. The number of aromatic amines is 1. The minimum atomic E-state index is -1.73. The first-order chi connectivity index (χ1) is 20.3. The van der Waals surface area contributed by atoms with E-state index >= 15 is 0 Å². The number of rotatable bonds is 11. The number of H-pyrrole nitrogens is 1. The fourth-order valence-electron chi connectivity index (χ4n) is 6.15. The molecule has 1 aromatic carbocycles. The number of benzene rings is 1. The van der Waals surface area contributed by atoms with Crippen LogP contribution in [0.4, 0.5) is 5.69 Å². The van der Waals surface area contributed by atoms with Crippen molar-refractivity contribution in [1.29, 1.82) is 0 Å². The zero-order valence-electron chi connectivity index (χ0n) is 24.0. The van der Waals surface area contributed by atoms with E-state index in [1.54, 1.807) is 42.6 Å². The Labute approximate surface area is 249 Å². The summed E-state index contributed by atoms with van der Waals surface area (Å²) in [5.41, 5.74) is 14.9. The van der Waals surface area contributed by atoms with Gasteiger partial charge in [0.1, 0.15) is 11.8 Å². The van der Waals surface area contributed by atoms with Crippen LogP contribution < -0.4 is 16.8 Å². The summed E-state index contributed by atoms with van der Waals surface area (Å²) in [5.74, 6) is 0.0874. The van der Waals surface area contributed by atoms with Crippen molar-refractivity contribution < 1.29 is 14.2 Å². The van der Waals surface area contributed by atoms with Crippen molar-refractivity contribution >= 4 is 22.1 Å². The van der Waals surface area contributed by atoms with Crippen LogP contribution in [0.1, 0.15) is 44.6 Å². The van der Waals surface area contributed by atoms with Crippen LogP contribution >= 0.6 is 0 Å². The molecule has 5 unspecified atom stereocenters. The van der Waals surface area contributed by atoms with E-state index in [0.717, 1.165) is 36.8 Å². The van der Waals surface area contributed by atoms with Gasteiger partial charge in [-0.1, -0.05) is 49.9 Å². The van der Waals surface area contributed by atoms with Gasteiger partial charge in [-0.05, 0) is 96.7 Å². The lowest BCUT2D eigenvalue weighted by Gasteiger charge is -2.27. The second kappa shape index (κ2) is 13.2. The standard InChI is InChI=1S/C34H39N3O4S/c1-4-16-41-37-25-10-6-11-26(20-25)42(40)22(3)33(38)32-30(19-23-8-5-9-24(35)18-23)27-14-13-21(2)17-29(27)31(32)28-12-7-15-36-34(28)39/h4,6-8,10-12,14-15,17,20-21,24,30,33,37-38H,1,3,5,9,13,16,18-19,35H2,2H3,(H,36,39)/p+1. The SMILES string of the molecule is C=CC[OH+]Nc1cccc(S(=O)C(=C)C(O)C2=C(c3ccc[nH]c3=O)C3=CC(C)CC=C3C2CC2=CCCC(N)C2)c1. The highest BCUT2D eigenvalue weighted by molar-refractivity contribution is 7.89. The number of aromatic nitrogens is 1. The minimum absolute atomic E-state index is 0.108. The van der Waals surface area contributed by atoms with Crippen LogP contribution in [-0.4, -0.2) is 37.9 Å². The highest BCUT2D eigenvalue weighted by atomic mass is 32.2. The Balaban J connectivity index is 1.58. The lowest BCUT2D eigenvalue weighted by molar-refractivity contribution is 0.0377. The summed E-state index contributed by atoms with van der Waals surface area (Å²) in [7, 11) is -1.73. The minimum Gasteiger partial charge on any atom is -0.383 e. The highest BCUT2D eigenvalue weighted by Gasteiger charge is 2.41. The predicted molar refractivity (Wildman–Crippen MR) is 171 cm³/mol. The lowest BCUT2D eigenvalue weighted by atomic mass is 9.80. The van der Waals surface area contributed by atoms with E-state index in [2.05, 4.69) is 53.6 Å². The Kier molecular flexibility index (Phi) is 9.38. The molecular weight excluding hydrogens is 546 g/mol. The van der Waals surface area contributed by atoms with Crippen LogP contribution in [0.3, 0.4) is 0 Å². The van der Waals surface area contributed by atoms with Crippen LogP contribution in [0.25, 0.3) is 5.57 Å². The van der Waals surface area contributed by atoms with Gasteiger partial charge >= 0.3 is 0 Å². The van der Waals surface area contributed by atoms with Gasteiger partial charge in [0, 0.05) is 33.5 Å². The molecule has 0 bridgehead atoms. The Morgan fingerprint density at radius 3 is 2.90 bits per heavy atom. The second-order valence-corrected chi connectivity index (χ2v) is 12.8. The van der Waals surface area contributed by atoms with Gasteiger partial charge in [-0.15, -0.1) is 0 Å². The number of aliphatic hydroxyl groups is 2. The number of aliphatic hydroxyl groups excluding tert-OH is 1. The summed E-state index contributed by atoms with van der Waals surface area (Å²) in [6.07, 6.45) is 13.0. The first-order valence-electron chi connectivity index (χ1n) is 14.5. The molecule has 5 atom stereocenters. The third kappa shape index (κ3) is 6.27. The molecule has 0 amide bonds. The van der Waals surface area contributed by atoms with Crippen molar-refractivity contribution in [3.63, 3.8) is 0 Å². The quantitative estimate of drug-likeness (QED) is 0.125. The van der Waals surface area contributed by atoms with Crippen LogP contribution in [0.15, 0.2) is 117 Å². The van der Waals surface area contributed by atoms with Crippen LogP contribution in [-0.2, 0) is 10.8 Å². The molecule has 1 heterocycles. The van der Waals surface area contributed by atoms with Crippen molar-refractivity contribution in [1.82, 2.24) is 4.98 Å².